The van der Waals surface area contributed by atoms with Gasteiger partial charge in [-0.3, -0.25) is 4.79 Å². The van der Waals surface area contributed by atoms with Crippen LogP contribution in [0.25, 0.3) is 0 Å². The number of para-hydroxylation sites is 1. The molecule has 0 unspecified atom stereocenters. The molecule has 0 atom stereocenters. The molecule has 1 aromatic heterocycles. The summed E-state index contributed by atoms with van der Waals surface area (Å²) in [6.07, 6.45) is 1.13. The number of anilines is 2. The highest BCUT2D eigenvalue weighted by atomic mass is 19.3. The highest BCUT2D eigenvalue weighted by Crippen LogP contribution is 2.29. The topological polar surface area (TPSA) is 66.9 Å². The van der Waals surface area contributed by atoms with Crippen molar-refractivity contribution in [1.29, 1.82) is 0 Å². The van der Waals surface area contributed by atoms with Crippen LogP contribution in [0.3, 0.4) is 0 Å². The van der Waals surface area contributed by atoms with E-state index in [1.807, 2.05) is 26.8 Å². The van der Waals surface area contributed by atoms with Crippen molar-refractivity contribution in [2.45, 2.75) is 33.6 Å². The number of carbonyl (C=O) groups excluding carboxylic acids is 1. The van der Waals surface area contributed by atoms with Crippen molar-refractivity contribution in [1.82, 2.24) is 15.3 Å². The van der Waals surface area contributed by atoms with Crippen LogP contribution in [-0.2, 0) is 5.92 Å². The van der Waals surface area contributed by atoms with Gasteiger partial charge in [-0.1, -0.05) is 39.0 Å². The average molecular weight is 348 g/mol. The molecule has 25 heavy (non-hydrogen) atoms. The van der Waals surface area contributed by atoms with Gasteiger partial charge in [0.15, 0.2) is 0 Å². The summed E-state index contributed by atoms with van der Waals surface area (Å²) in [5.74, 6) is -3.88. The van der Waals surface area contributed by atoms with E-state index in [0.717, 1.165) is 6.20 Å². The van der Waals surface area contributed by atoms with E-state index in [1.165, 1.54) is 0 Å². The summed E-state index contributed by atoms with van der Waals surface area (Å²) in [6, 6.07) is 8.95. The Bertz CT molecular complexity index is 737. The van der Waals surface area contributed by atoms with E-state index in [4.69, 9.17) is 0 Å². The lowest BCUT2D eigenvalue weighted by Crippen LogP contribution is -2.34. The summed E-state index contributed by atoms with van der Waals surface area (Å²) in [4.78, 5) is 20.2. The Morgan fingerprint density at radius 1 is 1.12 bits per heavy atom. The van der Waals surface area contributed by atoms with E-state index in [9.17, 15) is 13.6 Å². The lowest BCUT2D eigenvalue weighted by molar-refractivity contribution is 0.0116. The van der Waals surface area contributed by atoms with Crippen molar-refractivity contribution < 1.29 is 13.6 Å². The molecule has 134 valence electrons. The number of nitrogens with zero attached hydrogens (tertiary/aromatic N) is 2. The summed E-state index contributed by atoms with van der Waals surface area (Å²) < 4.78 is 27.9. The summed E-state index contributed by atoms with van der Waals surface area (Å²) >= 11 is 0. The standard InChI is InChI=1S/C18H22F2N4O/c1-17(2,3)11-22-15(25)13-10-21-16(24-14(13)18(4,19)20)23-12-8-6-5-7-9-12/h5-10H,11H2,1-4H3,(H,22,25)(H,21,23,24). The third-order valence-corrected chi connectivity index (χ3v) is 3.26. The molecule has 2 rings (SSSR count). The monoisotopic (exact) mass is 348 g/mol. The van der Waals surface area contributed by atoms with Crippen molar-refractivity contribution in [2.75, 3.05) is 11.9 Å². The first-order valence-electron chi connectivity index (χ1n) is 7.92. The second kappa shape index (κ2) is 7.13. The maximum atomic E-state index is 14.0. The number of alkyl halides is 2. The van der Waals surface area contributed by atoms with Gasteiger partial charge in [0.2, 0.25) is 5.95 Å². The number of halogens is 2. The largest absolute Gasteiger partial charge is 0.351 e. The van der Waals surface area contributed by atoms with Gasteiger partial charge in [-0.05, 0) is 17.5 Å². The number of nitrogens with one attached hydrogen (secondary N) is 2. The zero-order valence-corrected chi connectivity index (χ0v) is 14.7. The molecule has 1 heterocycles. The summed E-state index contributed by atoms with van der Waals surface area (Å²) in [6.45, 7) is 6.87. The van der Waals surface area contributed by atoms with Gasteiger partial charge in [0.05, 0.1) is 5.56 Å². The van der Waals surface area contributed by atoms with Crippen LogP contribution in [0.4, 0.5) is 20.4 Å². The molecule has 0 aliphatic heterocycles. The first-order valence-corrected chi connectivity index (χ1v) is 7.92. The molecule has 7 heteroatoms. The molecule has 0 bridgehead atoms. The van der Waals surface area contributed by atoms with Crippen molar-refractivity contribution in [3.05, 3.63) is 47.8 Å². The van der Waals surface area contributed by atoms with E-state index in [-0.39, 0.29) is 16.9 Å². The second-order valence-corrected chi connectivity index (χ2v) is 7.08. The van der Waals surface area contributed by atoms with E-state index in [2.05, 4.69) is 20.6 Å². The van der Waals surface area contributed by atoms with Gasteiger partial charge in [-0.2, -0.15) is 8.78 Å². The van der Waals surface area contributed by atoms with Crippen LogP contribution in [0.1, 0.15) is 43.7 Å². The maximum absolute atomic E-state index is 14.0. The van der Waals surface area contributed by atoms with E-state index in [0.29, 0.717) is 19.2 Å². The number of amides is 1. The van der Waals surface area contributed by atoms with Gasteiger partial charge in [0, 0.05) is 25.4 Å². The molecule has 1 amide bonds. The highest BCUT2D eigenvalue weighted by Gasteiger charge is 2.33. The van der Waals surface area contributed by atoms with E-state index in [1.54, 1.807) is 24.3 Å². The number of benzene rings is 1. The quantitative estimate of drug-likeness (QED) is 0.853. The second-order valence-electron chi connectivity index (χ2n) is 7.08. The summed E-state index contributed by atoms with van der Waals surface area (Å²) in [5.41, 5.74) is -0.333. The molecule has 1 aromatic carbocycles. The van der Waals surface area contributed by atoms with Gasteiger partial charge in [0.1, 0.15) is 5.69 Å². The van der Waals surface area contributed by atoms with Gasteiger partial charge < -0.3 is 10.6 Å². The van der Waals surface area contributed by atoms with E-state index >= 15 is 0 Å². The Morgan fingerprint density at radius 3 is 2.32 bits per heavy atom. The van der Waals surface area contributed by atoms with Crippen LogP contribution >= 0.6 is 0 Å². The number of rotatable bonds is 5. The zero-order chi connectivity index (χ0) is 18.7. The molecule has 0 saturated carbocycles. The summed E-state index contributed by atoms with van der Waals surface area (Å²) in [7, 11) is 0. The molecule has 0 aliphatic carbocycles. The number of hydrogen-bond donors (Lipinski definition) is 2. The first kappa shape index (κ1) is 18.8. The fourth-order valence-corrected chi connectivity index (χ4v) is 2.03. The molecule has 5 nitrogen and oxygen atoms in total. The smallest absolute Gasteiger partial charge is 0.287 e. The first-order chi connectivity index (χ1) is 11.6. The number of carbonyl (C=O) groups is 1. The van der Waals surface area contributed by atoms with Crippen LogP contribution in [0.15, 0.2) is 36.5 Å². The van der Waals surface area contributed by atoms with Crippen LogP contribution in [0, 0.1) is 5.41 Å². The van der Waals surface area contributed by atoms with Gasteiger partial charge in [0.25, 0.3) is 11.8 Å². The molecule has 2 N–H and O–H groups in total. The zero-order valence-electron chi connectivity index (χ0n) is 14.7. The minimum Gasteiger partial charge on any atom is -0.351 e. The predicted molar refractivity (Wildman–Crippen MR) is 93.1 cm³/mol. The van der Waals surface area contributed by atoms with E-state index < -0.39 is 17.5 Å². The Kier molecular flexibility index (Phi) is 5.35. The van der Waals surface area contributed by atoms with Crippen molar-refractivity contribution in [2.24, 2.45) is 5.41 Å². The fourth-order valence-electron chi connectivity index (χ4n) is 2.03. The maximum Gasteiger partial charge on any atom is 0.287 e. The van der Waals surface area contributed by atoms with Gasteiger partial charge >= 0.3 is 0 Å². The molecule has 0 fully saturated rings. The Hall–Kier alpha value is -2.57. The fraction of sp³-hybridized carbons (Fsp3) is 0.389. The normalized spacial score (nSPS) is 11.9. The average Bonchev–Trinajstić information content (AvgIpc) is 2.52. The van der Waals surface area contributed by atoms with Crippen LogP contribution in [-0.4, -0.2) is 22.4 Å². The molecule has 0 spiro atoms. The number of hydrogen-bond acceptors (Lipinski definition) is 4. The highest BCUT2D eigenvalue weighted by molar-refractivity contribution is 5.95. The predicted octanol–water partition coefficient (Wildman–Crippen LogP) is 4.11. The van der Waals surface area contributed by atoms with Crippen LogP contribution < -0.4 is 10.6 Å². The van der Waals surface area contributed by atoms with Crippen LogP contribution in [0.5, 0.6) is 0 Å². The lowest BCUT2D eigenvalue weighted by Gasteiger charge is -2.20. The minimum absolute atomic E-state index is 0.00935. The van der Waals surface area contributed by atoms with Crippen LogP contribution in [0.2, 0.25) is 0 Å². The third kappa shape index (κ3) is 5.48. The Morgan fingerprint density at radius 2 is 1.76 bits per heavy atom. The van der Waals surface area contributed by atoms with Crippen molar-refractivity contribution in [3.63, 3.8) is 0 Å². The van der Waals surface area contributed by atoms with Crippen molar-refractivity contribution >= 4 is 17.5 Å². The lowest BCUT2D eigenvalue weighted by atomic mass is 9.97. The Labute approximate surface area is 145 Å². The molecule has 0 radical (unpaired) electrons. The molecular weight excluding hydrogens is 326 g/mol. The number of aromatic nitrogens is 2. The molecule has 0 aliphatic rings. The molecule has 2 aromatic rings. The summed E-state index contributed by atoms with van der Waals surface area (Å²) in [5, 5.41) is 5.50. The van der Waals surface area contributed by atoms with Gasteiger partial charge in [-0.25, -0.2) is 9.97 Å². The third-order valence-electron chi connectivity index (χ3n) is 3.26. The molecular formula is C18H22F2N4O. The molecule has 0 saturated heterocycles. The van der Waals surface area contributed by atoms with Gasteiger partial charge in [-0.15, -0.1) is 0 Å². The van der Waals surface area contributed by atoms with Crippen molar-refractivity contribution in [3.8, 4) is 0 Å². The minimum atomic E-state index is -3.27. The Balaban J connectivity index is 2.30. The SMILES string of the molecule is CC(C)(C)CNC(=O)c1cnc(Nc2ccccc2)nc1C(C)(F)F.